The van der Waals surface area contributed by atoms with Gasteiger partial charge in [-0.2, -0.15) is 0 Å². The van der Waals surface area contributed by atoms with Crippen molar-refractivity contribution < 1.29 is 17.9 Å². The second-order valence-corrected chi connectivity index (χ2v) is 7.12. The maximum absolute atomic E-state index is 11.9. The van der Waals surface area contributed by atoms with Gasteiger partial charge < -0.3 is 9.52 Å². The van der Waals surface area contributed by atoms with E-state index in [1.807, 2.05) is 0 Å². The van der Waals surface area contributed by atoms with Gasteiger partial charge in [-0.3, -0.25) is 4.90 Å². The number of hydrogen-bond acceptors (Lipinski definition) is 5. The number of hydrogen-bond donors (Lipinski definition) is 1. The van der Waals surface area contributed by atoms with Crippen LogP contribution in [0.2, 0.25) is 0 Å². The van der Waals surface area contributed by atoms with Crippen molar-refractivity contribution in [1.82, 2.24) is 9.21 Å². The summed E-state index contributed by atoms with van der Waals surface area (Å²) in [5.41, 5.74) is 0. The Morgan fingerprint density at radius 1 is 1.47 bits per heavy atom. The van der Waals surface area contributed by atoms with Crippen LogP contribution in [0.4, 0.5) is 0 Å². The van der Waals surface area contributed by atoms with Crippen LogP contribution in [0.25, 0.3) is 0 Å². The first kappa shape index (κ1) is 14.5. The van der Waals surface area contributed by atoms with Crippen LogP contribution in [0.1, 0.15) is 18.6 Å². The summed E-state index contributed by atoms with van der Waals surface area (Å²) >= 11 is 0. The largest absolute Gasteiger partial charge is 0.447 e. The van der Waals surface area contributed by atoms with Gasteiger partial charge >= 0.3 is 0 Å². The number of nitrogens with zero attached hydrogens (tertiary/aromatic N) is 2. The fourth-order valence-electron chi connectivity index (χ4n) is 2.16. The summed E-state index contributed by atoms with van der Waals surface area (Å²) in [7, 11) is -0.567. The van der Waals surface area contributed by atoms with E-state index in [0.717, 1.165) is 23.7 Å². The van der Waals surface area contributed by atoms with Gasteiger partial charge in [0.25, 0.3) is 10.0 Å². The summed E-state index contributed by atoms with van der Waals surface area (Å²) in [4.78, 5) is 2.07. The molecule has 1 aliphatic rings. The third-order valence-corrected chi connectivity index (χ3v) is 4.92. The monoisotopic (exact) mass is 288 g/mol. The molecule has 0 bridgehead atoms. The van der Waals surface area contributed by atoms with Gasteiger partial charge in [-0.25, -0.2) is 12.7 Å². The molecule has 1 atom stereocenters. The lowest BCUT2D eigenvalue weighted by Crippen LogP contribution is -2.37. The first-order valence-corrected chi connectivity index (χ1v) is 7.75. The van der Waals surface area contributed by atoms with Gasteiger partial charge in [0.2, 0.25) is 5.09 Å². The van der Waals surface area contributed by atoms with Crippen LogP contribution in [0, 0.1) is 0 Å². The molecule has 1 aliphatic heterocycles. The Kier molecular flexibility index (Phi) is 4.29. The summed E-state index contributed by atoms with van der Waals surface area (Å²) in [5, 5.41) is 9.55. The zero-order chi connectivity index (χ0) is 14.0. The van der Waals surface area contributed by atoms with Crippen LogP contribution < -0.4 is 0 Å². The smallest absolute Gasteiger partial charge is 0.275 e. The molecule has 2 heterocycles. The summed E-state index contributed by atoms with van der Waals surface area (Å²) in [6, 6.07) is 3.16. The minimum absolute atomic E-state index is 0.0370. The van der Waals surface area contributed by atoms with Crippen molar-refractivity contribution in [2.24, 2.45) is 0 Å². The molecule has 19 heavy (non-hydrogen) atoms. The molecule has 0 saturated carbocycles. The van der Waals surface area contributed by atoms with Crippen molar-refractivity contribution in [2.45, 2.75) is 30.6 Å². The third kappa shape index (κ3) is 3.36. The van der Waals surface area contributed by atoms with E-state index in [2.05, 4.69) is 4.90 Å². The van der Waals surface area contributed by atoms with Gasteiger partial charge in [-0.1, -0.05) is 0 Å². The molecule has 6 nitrogen and oxygen atoms in total. The first-order chi connectivity index (χ1) is 8.89. The number of furan rings is 1. The van der Waals surface area contributed by atoms with Crippen LogP contribution in [-0.4, -0.2) is 56.0 Å². The molecule has 1 saturated heterocycles. The summed E-state index contributed by atoms with van der Waals surface area (Å²) in [6.45, 7) is 2.03. The molecule has 1 N–H and O–H groups in total. The Balaban J connectivity index is 2.05. The Bertz CT molecular complexity index is 524. The minimum atomic E-state index is -3.51. The molecule has 1 fully saturated rings. The van der Waals surface area contributed by atoms with Crippen LogP contribution in [-0.2, 0) is 16.6 Å². The fourth-order valence-corrected chi connectivity index (χ4v) is 2.97. The highest BCUT2D eigenvalue weighted by molar-refractivity contribution is 7.88. The lowest BCUT2D eigenvalue weighted by Gasteiger charge is -2.29. The van der Waals surface area contributed by atoms with Crippen LogP contribution in [0.3, 0.4) is 0 Å². The number of rotatable bonds is 4. The molecule has 0 radical (unpaired) electrons. The maximum atomic E-state index is 11.9. The number of β-amino-alcohol motifs (C(OH)–C–C–N with tert-alkyl or cyclic N) is 1. The zero-order valence-corrected chi connectivity index (χ0v) is 12.1. The van der Waals surface area contributed by atoms with E-state index in [4.69, 9.17) is 4.42 Å². The molecule has 1 aromatic rings. The molecule has 0 unspecified atom stereocenters. The van der Waals surface area contributed by atoms with Gasteiger partial charge in [0.05, 0.1) is 12.6 Å². The van der Waals surface area contributed by atoms with Crippen molar-refractivity contribution >= 4 is 10.0 Å². The van der Waals surface area contributed by atoms with Gasteiger partial charge in [0, 0.05) is 20.6 Å². The standard InChI is InChI=1S/C12H20N2O4S/c1-13(2)19(16,17)12-6-5-11(18-12)9-14-7-3-4-10(15)8-14/h5-6,10,15H,3-4,7-9H2,1-2H3/t10-/m0/s1. The average molecular weight is 288 g/mol. The van der Waals surface area contributed by atoms with Crippen LogP contribution >= 0.6 is 0 Å². The number of aliphatic hydroxyl groups is 1. The average Bonchev–Trinajstić information content (AvgIpc) is 2.78. The second kappa shape index (κ2) is 5.62. The normalized spacial score (nSPS) is 22.0. The molecule has 0 aliphatic carbocycles. The van der Waals surface area contributed by atoms with E-state index >= 15 is 0 Å². The highest BCUT2D eigenvalue weighted by atomic mass is 32.2. The molecule has 0 amide bonds. The summed E-state index contributed by atoms with van der Waals surface area (Å²) < 4.78 is 30.3. The molecule has 7 heteroatoms. The molecular weight excluding hydrogens is 268 g/mol. The van der Waals surface area contributed by atoms with E-state index in [1.165, 1.54) is 20.2 Å². The summed E-state index contributed by atoms with van der Waals surface area (Å²) in [6.07, 6.45) is 1.48. The number of piperidine rings is 1. The Morgan fingerprint density at radius 2 is 2.21 bits per heavy atom. The predicted octanol–water partition coefficient (Wildman–Crippen LogP) is 0.487. The maximum Gasteiger partial charge on any atom is 0.275 e. The highest BCUT2D eigenvalue weighted by Crippen LogP contribution is 2.19. The molecule has 1 aromatic heterocycles. The van der Waals surface area contributed by atoms with Crippen molar-refractivity contribution in [2.75, 3.05) is 27.2 Å². The highest BCUT2D eigenvalue weighted by Gasteiger charge is 2.23. The van der Waals surface area contributed by atoms with Crippen molar-refractivity contribution in [3.63, 3.8) is 0 Å². The van der Waals surface area contributed by atoms with Gasteiger partial charge in [-0.15, -0.1) is 0 Å². The SMILES string of the molecule is CN(C)S(=O)(=O)c1ccc(CN2CCC[C@H](O)C2)o1. The molecule has 0 aromatic carbocycles. The number of sulfonamides is 1. The number of likely N-dealkylation sites (tertiary alicyclic amines) is 1. The van der Waals surface area contributed by atoms with Crippen molar-refractivity contribution in [1.29, 1.82) is 0 Å². The molecule has 0 spiro atoms. The van der Waals surface area contributed by atoms with Gasteiger partial charge in [-0.05, 0) is 31.5 Å². The van der Waals surface area contributed by atoms with Crippen molar-refractivity contribution in [3.8, 4) is 0 Å². The lowest BCUT2D eigenvalue weighted by molar-refractivity contribution is 0.0626. The topological polar surface area (TPSA) is 74.0 Å². The lowest BCUT2D eigenvalue weighted by atomic mass is 10.1. The van der Waals surface area contributed by atoms with E-state index in [1.54, 1.807) is 6.07 Å². The Labute approximate surface area is 113 Å². The van der Waals surface area contributed by atoms with Crippen LogP contribution in [0.5, 0.6) is 0 Å². The molecule has 108 valence electrons. The minimum Gasteiger partial charge on any atom is -0.447 e. The van der Waals surface area contributed by atoms with Crippen molar-refractivity contribution in [3.05, 3.63) is 17.9 Å². The Hall–Kier alpha value is -0.890. The predicted molar refractivity (Wildman–Crippen MR) is 70.1 cm³/mol. The van der Waals surface area contributed by atoms with E-state index in [0.29, 0.717) is 18.8 Å². The van der Waals surface area contributed by atoms with Crippen LogP contribution in [0.15, 0.2) is 21.6 Å². The van der Waals surface area contributed by atoms with E-state index in [-0.39, 0.29) is 11.2 Å². The molecular formula is C12H20N2O4S. The number of aliphatic hydroxyl groups excluding tert-OH is 1. The van der Waals surface area contributed by atoms with Gasteiger partial charge in [0.1, 0.15) is 5.76 Å². The Morgan fingerprint density at radius 3 is 2.84 bits per heavy atom. The second-order valence-electron chi connectivity index (χ2n) is 5.04. The first-order valence-electron chi connectivity index (χ1n) is 6.31. The van der Waals surface area contributed by atoms with Gasteiger partial charge in [0.15, 0.2) is 0 Å². The van der Waals surface area contributed by atoms with E-state index < -0.39 is 10.0 Å². The van der Waals surface area contributed by atoms with E-state index in [9.17, 15) is 13.5 Å². The third-order valence-electron chi connectivity index (χ3n) is 3.23. The molecule has 2 rings (SSSR count). The zero-order valence-electron chi connectivity index (χ0n) is 11.2. The quantitative estimate of drug-likeness (QED) is 0.872. The summed E-state index contributed by atoms with van der Waals surface area (Å²) in [5.74, 6) is 0.606. The fraction of sp³-hybridized carbons (Fsp3) is 0.667.